The molecular formula is C17H27Cl2N3O3. The molecule has 6 nitrogen and oxygen atoms in total. The van der Waals surface area contributed by atoms with Gasteiger partial charge in [-0.15, -0.1) is 24.8 Å². The lowest BCUT2D eigenvalue weighted by atomic mass is 9.87. The van der Waals surface area contributed by atoms with Crippen molar-refractivity contribution in [3.8, 4) is 5.75 Å². The highest BCUT2D eigenvalue weighted by Crippen LogP contribution is 2.46. The summed E-state index contributed by atoms with van der Waals surface area (Å²) in [6.07, 6.45) is 4.51. The number of halogens is 2. The van der Waals surface area contributed by atoms with Crippen molar-refractivity contribution in [2.75, 3.05) is 26.2 Å². The second-order valence-corrected chi connectivity index (χ2v) is 6.70. The number of hydrogen-bond donors (Lipinski definition) is 2. The van der Waals surface area contributed by atoms with Crippen molar-refractivity contribution in [2.24, 2.45) is 5.92 Å². The van der Waals surface area contributed by atoms with Crippen molar-refractivity contribution in [2.45, 2.75) is 38.6 Å². The Hall–Kier alpha value is -1.08. The Kier molecular flexibility index (Phi) is 8.41. The van der Waals surface area contributed by atoms with Crippen LogP contribution in [0.5, 0.6) is 5.75 Å². The average Bonchev–Trinajstić information content (AvgIpc) is 3.07. The normalized spacial score (nSPS) is 19.7. The smallest absolute Gasteiger partial charge is 0.277 e. The molecule has 1 heterocycles. The first-order valence-corrected chi connectivity index (χ1v) is 8.51. The van der Waals surface area contributed by atoms with Gasteiger partial charge in [0.25, 0.3) is 5.69 Å². The lowest BCUT2D eigenvalue weighted by Gasteiger charge is -2.38. The molecule has 2 aliphatic rings. The fourth-order valence-corrected chi connectivity index (χ4v) is 4.11. The number of piperazine rings is 1. The molecule has 142 valence electrons. The quantitative estimate of drug-likeness (QED) is 0.605. The van der Waals surface area contributed by atoms with E-state index in [-0.39, 0.29) is 47.2 Å². The molecule has 1 atom stereocenters. The van der Waals surface area contributed by atoms with Gasteiger partial charge in [0.05, 0.1) is 10.5 Å². The molecule has 8 heteroatoms. The molecule has 1 aliphatic carbocycles. The molecule has 0 amide bonds. The van der Waals surface area contributed by atoms with E-state index in [0.717, 1.165) is 39.0 Å². The molecular weight excluding hydrogens is 365 g/mol. The monoisotopic (exact) mass is 391 g/mol. The van der Waals surface area contributed by atoms with Crippen molar-refractivity contribution < 1.29 is 10.0 Å². The number of nitro groups is 1. The third-order valence-corrected chi connectivity index (χ3v) is 5.28. The SMILES string of the molecule is Cc1ccc([N+](=O)[O-])c([C@H](C2CCCC2)N2CCNCC2)c1O.Cl.Cl. The van der Waals surface area contributed by atoms with Crippen LogP contribution in [0.2, 0.25) is 0 Å². The molecule has 1 aromatic rings. The Morgan fingerprint density at radius 1 is 1.24 bits per heavy atom. The number of phenolic OH excluding ortho intramolecular Hbond substituents is 1. The summed E-state index contributed by atoms with van der Waals surface area (Å²) in [4.78, 5) is 13.5. The van der Waals surface area contributed by atoms with Crippen molar-refractivity contribution in [3.63, 3.8) is 0 Å². The topological polar surface area (TPSA) is 78.6 Å². The highest BCUT2D eigenvalue weighted by atomic mass is 35.5. The molecule has 0 radical (unpaired) electrons. The van der Waals surface area contributed by atoms with E-state index in [0.29, 0.717) is 17.0 Å². The van der Waals surface area contributed by atoms with Crippen LogP contribution in [0.1, 0.15) is 42.9 Å². The summed E-state index contributed by atoms with van der Waals surface area (Å²) in [5.74, 6) is 0.495. The van der Waals surface area contributed by atoms with Crippen LogP contribution in [0.4, 0.5) is 5.69 Å². The second-order valence-electron chi connectivity index (χ2n) is 6.70. The highest BCUT2D eigenvalue weighted by molar-refractivity contribution is 5.85. The number of aromatic hydroxyl groups is 1. The summed E-state index contributed by atoms with van der Waals surface area (Å²) < 4.78 is 0. The summed E-state index contributed by atoms with van der Waals surface area (Å²) in [7, 11) is 0. The van der Waals surface area contributed by atoms with E-state index >= 15 is 0 Å². The molecule has 0 bridgehead atoms. The zero-order chi connectivity index (χ0) is 16.4. The standard InChI is InChI=1S/C17H25N3O3.2ClH/c1-12-6-7-14(20(22)23)15(17(12)21)16(13-4-2-3-5-13)19-10-8-18-9-11-19;;/h6-7,13,16,18,21H,2-5,8-11H2,1H3;2*1H/t16-;;/m0../s1. The fourth-order valence-electron chi connectivity index (χ4n) is 4.11. The Labute approximate surface area is 160 Å². The van der Waals surface area contributed by atoms with Crippen LogP contribution in [0.3, 0.4) is 0 Å². The van der Waals surface area contributed by atoms with Gasteiger partial charge in [-0.25, -0.2) is 0 Å². The number of nitrogens with one attached hydrogen (secondary N) is 1. The maximum Gasteiger partial charge on any atom is 0.277 e. The van der Waals surface area contributed by atoms with Gasteiger partial charge in [0.1, 0.15) is 5.75 Å². The number of rotatable bonds is 4. The average molecular weight is 392 g/mol. The molecule has 0 spiro atoms. The van der Waals surface area contributed by atoms with Gasteiger partial charge in [-0.3, -0.25) is 15.0 Å². The van der Waals surface area contributed by atoms with Crippen molar-refractivity contribution in [3.05, 3.63) is 33.4 Å². The van der Waals surface area contributed by atoms with Crippen LogP contribution in [-0.4, -0.2) is 41.1 Å². The molecule has 25 heavy (non-hydrogen) atoms. The molecule has 1 aliphatic heterocycles. The maximum atomic E-state index is 11.6. The summed E-state index contributed by atoms with van der Waals surface area (Å²) in [5, 5.41) is 25.5. The van der Waals surface area contributed by atoms with Crippen LogP contribution in [0, 0.1) is 23.0 Å². The number of aryl methyl sites for hydroxylation is 1. The van der Waals surface area contributed by atoms with Gasteiger partial charge in [-0.1, -0.05) is 12.8 Å². The van der Waals surface area contributed by atoms with Crippen LogP contribution in [-0.2, 0) is 0 Å². The van der Waals surface area contributed by atoms with Crippen molar-refractivity contribution in [1.82, 2.24) is 10.2 Å². The zero-order valence-corrected chi connectivity index (χ0v) is 16.1. The van der Waals surface area contributed by atoms with Crippen LogP contribution < -0.4 is 5.32 Å². The van der Waals surface area contributed by atoms with Gasteiger partial charge in [0, 0.05) is 38.3 Å². The lowest BCUT2D eigenvalue weighted by molar-refractivity contribution is -0.386. The predicted molar refractivity (Wildman–Crippen MR) is 103 cm³/mol. The lowest BCUT2D eigenvalue weighted by Crippen LogP contribution is -2.46. The molecule has 1 saturated heterocycles. The molecule has 0 unspecified atom stereocenters. The zero-order valence-electron chi connectivity index (χ0n) is 14.4. The minimum absolute atomic E-state index is 0. The summed E-state index contributed by atoms with van der Waals surface area (Å²) in [5.41, 5.74) is 1.30. The van der Waals surface area contributed by atoms with Gasteiger partial charge in [-0.2, -0.15) is 0 Å². The third-order valence-electron chi connectivity index (χ3n) is 5.28. The van der Waals surface area contributed by atoms with Gasteiger partial charge in [0.15, 0.2) is 0 Å². The van der Waals surface area contributed by atoms with Gasteiger partial charge in [0.2, 0.25) is 0 Å². The largest absolute Gasteiger partial charge is 0.507 e. The van der Waals surface area contributed by atoms with Crippen molar-refractivity contribution >= 4 is 30.5 Å². The molecule has 2 fully saturated rings. The van der Waals surface area contributed by atoms with Crippen LogP contribution >= 0.6 is 24.8 Å². The summed E-state index contributed by atoms with van der Waals surface area (Å²) >= 11 is 0. The summed E-state index contributed by atoms with van der Waals surface area (Å²) in [6.45, 7) is 5.33. The number of nitrogens with zero attached hydrogens (tertiary/aromatic N) is 2. The van der Waals surface area contributed by atoms with E-state index in [9.17, 15) is 15.2 Å². The van der Waals surface area contributed by atoms with Crippen LogP contribution in [0.15, 0.2) is 12.1 Å². The van der Waals surface area contributed by atoms with Gasteiger partial charge in [-0.05, 0) is 37.3 Å². The fraction of sp³-hybridized carbons (Fsp3) is 0.647. The molecule has 1 aromatic carbocycles. The Bertz CT molecular complexity index is 589. The second kappa shape index (κ2) is 9.57. The van der Waals surface area contributed by atoms with E-state index in [1.54, 1.807) is 12.1 Å². The molecule has 0 aromatic heterocycles. The number of benzene rings is 1. The first-order valence-electron chi connectivity index (χ1n) is 8.51. The van der Waals surface area contributed by atoms with Gasteiger partial charge < -0.3 is 10.4 Å². The minimum atomic E-state index is -0.349. The van der Waals surface area contributed by atoms with Crippen molar-refractivity contribution in [1.29, 1.82) is 0 Å². The minimum Gasteiger partial charge on any atom is -0.507 e. The molecule has 1 saturated carbocycles. The number of hydrogen-bond acceptors (Lipinski definition) is 5. The van der Waals surface area contributed by atoms with E-state index in [4.69, 9.17) is 0 Å². The maximum absolute atomic E-state index is 11.6. The van der Waals surface area contributed by atoms with E-state index in [1.165, 1.54) is 12.8 Å². The van der Waals surface area contributed by atoms with E-state index < -0.39 is 0 Å². The Morgan fingerprint density at radius 3 is 2.40 bits per heavy atom. The molecule has 2 N–H and O–H groups in total. The predicted octanol–water partition coefficient (Wildman–Crippen LogP) is 3.59. The highest BCUT2D eigenvalue weighted by Gasteiger charge is 2.38. The summed E-state index contributed by atoms with van der Waals surface area (Å²) in [6, 6.07) is 3.13. The first-order chi connectivity index (χ1) is 11.1. The Balaban J connectivity index is 0.00000156. The number of nitro benzene ring substituents is 1. The van der Waals surface area contributed by atoms with Crippen LogP contribution in [0.25, 0.3) is 0 Å². The van der Waals surface area contributed by atoms with E-state index in [1.807, 2.05) is 6.92 Å². The third kappa shape index (κ3) is 4.56. The number of phenols is 1. The van der Waals surface area contributed by atoms with Gasteiger partial charge >= 0.3 is 0 Å². The first kappa shape index (κ1) is 22.0. The molecule has 3 rings (SSSR count). The van der Waals surface area contributed by atoms with E-state index in [2.05, 4.69) is 10.2 Å². The Morgan fingerprint density at radius 2 is 1.84 bits per heavy atom.